The zero-order chi connectivity index (χ0) is 62.0. The Morgan fingerprint density at radius 1 is 0.467 bits per heavy atom. The van der Waals surface area contributed by atoms with Crippen LogP contribution in [0.4, 0.5) is 52.4 Å². The van der Waals surface area contributed by atoms with E-state index in [1.807, 2.05) is 38.2 Å². The number of hydrogen-bond donors (Lipinski definition) is 6. The smallest absolute Gasteiger partial charge is 0.231 e. The Labute approximate surface area is 541 Å². The molecule has 6 N–H and O–H groups in total. The molecule has 2 aliphatic carbocycles. The monoisotopic (exact) mass is 1260 g/mol. The van der Waals surface area contributed by atoms with Crippen LogP contribution in [0.2, 0.25) is 0 Å². The standard InChI is InChI=1S/C70H93N15O7/c1-46-32-63(73-51-12-4-3-5-13-51)81-68(72-46)77-55-35-49-18-30-89-65(49)58(37-55)87-28-10-23-84-25-16-47(43-84)33-53-41-62(71-2)80-69(75-53)79-57-39-60(67-61(40-57)91-45-92-67)88-29-11-24-85-26-17-48(44-85)34-54-42-64(74-52-14-8-15-52)82-70(76-54)78-56-36-50-19-31-90-66(50)59(38-56)86-27-9-22-83-20-6-7-21-83/h32,35-42,47-48,51-52H,3-31,33-34,43-45H2,1-2H3,(H2,71,75,79,80)(H2,72,73,77,81)(H2,74,76,78,82). The van der Waals surface area contributed by atoms with Crippen LogP contribution in [-0.2, 0) is 25.7 Å². The number of fused-ring (bicyclic) bond motifs is 3. The van der Waals surface area contributed by atoms with E-state index >= 15 is 0 Å². The summed E-state index contributed by atoms with van der Waals surface area (Å²) in [6, 6.07) is 19.5. The SMILES string of the molecule is CNc1cc(CC2CCN(CCCOc3cc(Nc4nc(C)cc(NC5CCCCC5)n4)cc4c3OCC4)C2)nc(Nc2cc(OCCCN3CCC(Cc4cc(NC5CCC5)nc(Nc5cc6c(c(OCCCN7CCCC7)c5)OCC6)n4)C3)c3c(c2)OCO3)n1. The molecule has 2 unspecified atom stereocenters. The Morgan fingerprint density at radius 3 is 1.52 bits per heavy atom. The zero-order valence-electron chi connectivity index (χ0n) is 53.9. The molecule has 2 saturated carbocycles. The lowest BCUT2D eigenvalue weighted by Crippen LogP contribution is -2.27. The van der Waals surface area contributed by atoms with Gasteiger partial charge in [0, 0.05) is 152 Å². The number of ether oxygens (including phenoxy) is 7. The third-order valence-corrected chi connectivity index (χ3v) is 19.4. The highest BCUT2D eigenvalue weighted by atomic mass is 16.7. The van der Waals surface area contributed by atoms with Crippen molar-refractivity contribution in [3.8, 4) is 40.2 Å². The number of nitrogens with zero attached hydrogens (tertiary/aromatic N) is 9. The van der Waals surface area contributed by atoms with Crippen molar-refractivity contribution < 1.29 is 33.2 Å². The molecular weight excluding hydrogens is 1160 g/mol. The maximum atomic E-state index is 6.50. The molecule has 9 heterocycles. The molecule has 0 radical (unpaired) electrons. The highest BCUT2D eigenvalue weighted by Gasteiger charge is 2.29. The minimum absolute atomic E-state index is 0.138. The third kappa shape index (κ3) is 16.0. The molecule has 3 saturated heterocycles. The van der Waals surface area contributed by atoms with E-state index in [9.17, 15) is 0 Å². The summed E-state index contributed by atoms with van der Waals surface area (Å²) < 4.78 is 43.4. The number of nitrogens with one attached hydrogen (secondary N) is 6. The Kier molecular flexibility index (Phi) is 19.7. The van der Waals surface area contributed by atoms with Gasteiger partial charge >= 0.3 is 0 Å². The van der Waals surface area contributed by atoms with Gasteiger partial charge in [-0.25, -0.2) is 15.0 Å². The lowest BCUT2D eigenvalue weighted by atomic mass is 9.93. The van der Waals surface area contributed by atoms with Crippen molar-refractivity contribution in [3.63, 3.8) is 0 Å². The van der Waals surface area contributed by atoms with Crippen molar-refractivity contribution in [2.45, 2.75) is 141 Å². The Hall–Kier alpha value is -7.82. The number of aryl methyl sites for hydroxylation is 1. The van der Waals surface area contributed by atoms with Crippen LogP contribution in [0.15, 0.2) is 54.6 Å². The van der Waals surface area contributed by atoms with Gasteiger partial charge in [0.25, 0.3) is 0 Å². The molecule has 92 heavy (non-hydrogen) atoms. The second kappa shape index (κ2) is 29.4. The van der Waals surface area contributed by atoms with Crippen LogP contribution in [0.1, 0.15) is 125 Å². The first kappa shape index (κ1) is 61.7. The Bertz CT molecular complexity index is 3490. The van der Waals surface area contributed by atoms with Crippen molar-refractivity contribution in [2.75, 3.05) is 138 Å². The molecule has 0 bridgehead atoms. The maximum Gasteiger partial charge on any atom is 0.231 e. The fourth-order valence-electron chi connectivity index (χ4n) is 14.5. The molecule has 6 aromatic rings. The summed E-state index contributed by atoms with van der Waals surface area (Å²) in [5.74, 6) is 10.4. The highest BCUT2D eigenvalue weighted by molar-refractivity contribution is 5.68. The van der Waals surface area contributed by atoms with E-state index in [1.54, 1.807) is 0 Å². The molecule has 3 aromatic heterocycles. The number of benzene rings is 3. The summed E-state index contributed by atoms with van der Waals surface area (Å²) in [6.45, 7) is 14.7. The van der Waals surface area contributed by atoms with Crippen LogP contribution in [0, 0.1) is 18.8 Å². The van der Waals surface area contributed by atoms with Gasteiger partial charge in [0.1, 0.15) is 17.5 Å². The number of anilines is 9. The molecule has 5 fully saturated rings. The molecule has 490 valence electrons. The van der Waals surface area contributed by atoms with Crippen molar-refractivity contribution in [1.82, 2.24) is 44.6 Å². The van der Waals surface area contributed by atoms with Crippen molar-refractivity contribution >= 4 is 52.4 Å². The average molecular weight is 1260 g/mol. The predicted octanol–water partition coefficient (Wildman–Crippen LogP) is 11.5. The largest absolute Gasteiger partial charge is 0.490 e. The van der Waals surface area contributed by atoms with Crippen molar-refractivity contribution in [1.29, 1.82) is 0 Å². The van der Waals surface area contributed by atoms with Gasteiger partial charge in [-0.3, -0.25) is 0 Å². The fourth-order valence-corrected chi connectivity index (χ4v) is 14.5. The summed E-state index contributed by atoms with van der Waals surface area (Å²) in [7, 11) is 1.90. The zero-order valence-corrected chi connectivity index (χ0v) is 53.9. The van der Waals surface area contributed by atoms with E-state index in [2.05, 4.69) is 76.9 Å². The number of likely N-dealkylation sites (tertiary alicyclic amines) is 3. The van der Waals surface area contributed by atoms with Gasteiger partial charge in [-0.2, -0.15) is 15.0 Å². The van der Waals surface area contributed by atoms with Gasteiger partial charge in [-0.15, -0.1) is 0 Å². The molecule has 2 atom stereocenters. The maximum absolute atomic E-state index is 6.50. The van der Waals surface area contributed by atoms with E-state index in [0.717, 1.165) is 189 Å². The second-order valence-corrected chi connectivity index (χ2v) is 26.5. The summed E-state index contributed by atoms with van der Waals surface area (Å²) in [6.07, 6.45) is 20.8. The first-order valence-electron chi connectivity index (χ1n) is 34.5. The Balaban J connectivity index is 0.540. The summed E-state index contributed by atoms with van der Waals surface area (Å²) >= 11 is 0. The summed E-state index contributed by atoms with van der Waals surface area (Å²) in [4.78, 5) is 37.2. The number of aromatic nitrogens is 6. The van der Waals surface area contributed by atoms with Crippen LogP contribution in [0.5, 0.6) is 40.2 Å². The van der Waals surface area contributed by atoms with Gasteiger partial charge < -0.3 is 79.8 Å². The van der Waals surface area contributed by atoms with Crippen molar-refractivity contribution in [3.05, 3.63) is 82.8 Å². The lowest BCUT2D eigenvalue weighted by molar-refractivity contribution is 0.169. The van der Waals surface area contributed by atoms with Gasteiger partial charge in [0.05, 0.1) is 33.0 Å². The third-order valence-electron chi connectivity index (χ3n) is 19.4. The van der Waals surface area contributed by atoms with Crippen LogP contribution in [-0.4, -0.2) is 162 Å². The fraction of sp³-hybridized carbons (Fsp3) is 0.571. The minimum atomic E-state index is 0.138. The van der Waals surface area contributed by atoms with Gasteiger partial charge in [0.2, 0.25) is 30.4 Å². The molecule has 0 amide bonds. The van der Waals surface area contributed by atoms with Crippen LogP contribution in [0.3, 0.4) is 0 Å². The lowest BCUT2D eigenvalue weighted by Gasteiger charge is -2.27. The number of rotatable bonds is 30. The van der Waals surface area contributed by atoms with Crippen LogP contribution in [0.25, 0.3) is 0 Å². The molecule has 6 aliphatic heterocycles. The van der Waals surface area contributed by atoms with Crippen LogP contribution < -0.4 is 65.1 Å². The molecule has 8 aliphatic rings. The van der Waals surface area contributed by atoms with E-state index in [4.69, 9.17) is 63.1 Å². The highest BCUT2D eigenvalue weighted by Crippen LogP contribution is 2.45. The first-order valence-corrected chi connectivity index (χ1v) is 34.5. The first-order chi connectivity index (χ1) is 45.3. The van der Waals surface area contributed by atoms with Crippen LogP contribution >= 0.6 is 0 Å². The molecule has 0 spiro atoms. The summed E-state index contributed by atoms with van der Waals surface area (Å²) in [5.41, 5.74) is 7.86. The topological polar surface area (TPSA) is 224 Å². The van der Waals surface area contributed by atoms with Gasteiger partial charge in [-0.1, -0.05) is 19.3 Å². The minimum Gasteiger partial charge on any atom is -0.490 e. The molecule has 22 heteroatoms. The van der Waals surface area contributed by atoms with E-state index in [0.29, 0.717) is 92.0 Å². The van der Waals surface area contributed by atoms with Crippen molar-refractivity contribution in [2.24, 2.45) is 11.8 Å². The molecule has 14 rings (SSSR count). The van der Waals surface area contributed by atoms with E-state index in [1.165, 1.54) is 77.3 Å². The second-order valence-electron chi connectivity index (χ2n) is 26.5. The molecule has 22 nitrogen and oxygen atoms in total. The van der Waals surface area contributed by atoms with E-state index in [-0.39, 0.29) is 6.79 Å². The average Bonchev–Trinajstić information content (AvgIpc) is 1.77. The number of hydrogen-bond acceptors (Lipinski definition) is 22. The predicted molar refractivity (Wildman–Crippen MR) is 358 cm³/mol. The Morgan fingerprint density at radius 2 is 0.967 bits per heavy atom. The van der Waals surface area contributed by atoms with E-state index < -0.39 is 0 Å². The van der Waals surface area contributed by atoms with Gasteiger partial charge in [-0.05, 0) is 147 Å². The normalized spacial score (nSPS) is 19.7. The molecule has 3 aromatic carbocycles. The molecular formula is C70H93N15O7. The van der Waals surface area contributed by atoms with Gasteiger partial charge in [0.15, 0.2) is 34.5 Å². The quantitative estimate of drug-likeness (QED) is 0.0231. The summed E-state index contributed by atoms with van der Waals surface area (Å²) in [5, 5.41) is 21.2.